The van der Waals surface area contributed by atoms with Gasteiger partial charge in [0.25, 0.3) is 0 Å². The Bertz CT molecular complexity index is 377. The Morgan fingerprint density at radius 2 is 2.12 bits per heavy atom. The Labute approximate surface area is 105 Å². The second kappa shape index (κ2) is 5.07. The molecule has 0 unspecified atom stereocenters. The van der Waals surface area contributed by atoms with Gasteiger partial charge in [-0.05, 0) is 49.1 Å². The minimum atomic E-state index is 0.437. The van der Waals surface area contributed by atoms with Gasteiger partial charge in [0.15, 0.2) is 0 Å². The number of fused-ring (bicyclic) bond motifs is 1. The number of aromatic nitrogens is 1. The summed E-state index contributed by atoms with van der Waals surface area (Å²) in [6.45, 7) is 7.98. The molecule has 0 saturated carbocycles. The van der Waals surface area contributed by atoms with Crippen LogP contribution >= 0.6 is 0 Å². The third kappa shape index (κ3) is 3.72. The maximum atomic E-state index is 4.72. The van der Waals surface area contributed by atoms with Crippen LogP contribution in [0.15, 0.2) is 12.1 Å². The van der Waals surface area contributed by atoms with Crippen LogP contribution in [0.1, 0.15) is 51.3 Å². The van der Waals surface area contributed by atoms with Gasteiger partial charge in [0, 0.05) is 12.2 Å². The fourth-order valence-corrected chi connectivity index (χ4v) is 2.31. The minimum Gasteiger partial charge on any atom is -0.370 e. The Morgan fingerprint density at radius 3 is 2.88 bits per heavy atom. The molecule has 1 N–H and O–H groups in total. The lowest BCUT2D eigenvalue weighted by molar-refractivity contribution is 0.365. The molecule has 2 heterocycles. The summed E-state index contributed by atoms with van der Waals surface area (Å²) < 4.78 is 0. The number of nitrogens with one attached hydrogen (secondary N) is 1. The summed E-state index contributed by atoms with van der Waals surface area (Å²) in [6, 6.07) is 4.45. The van der Waals surface area contributed by atoms with Crippen LogP contribution in [-0.2, 0) is 12.8 Å². The highest BCUT2D eigenvalue weighted by molar-refractivity contribution is 5.46. The first-order chi connectivity index (χ1) is 8.04. The quantitative estimate of drug-likeness (QED) is 0.857. The molecule has 0 aromatic carbocycles. The van der Waals surface area contributed by atoms with E-state index in [9.17, 15) is 0 Å². The Balaban J connectivity index is 1.93. The van der Waals surface area contributed by atoms with Crippen molar-refractivity contribution in [2.24, 2.45) is 5.41 Å². The zero-order chi connectivity index (χ0) is 12.3. The Hall–Kier alpha value is -1.05. The predicted octanol–water partition coefficient (Wildman–Crippen LogP) is 3.81. The summed E-state index contributed by atoms with van der Waals surface area (Å²) in [4.78, 5) is 4.72. The van der Waals surface area contributed by atoms with E-state index in [1.165, 1.54) is 36.9 Å². The molecule has 1 aromatic rings. The van der Waals surface area contributed by atoms with Crippen molar-refractivity contribution < 1.29 is 0 Å². The van der Waals surface area contributed by atoms with Crippen molar-refractivity contribution in [1.82, 2.24) is 4.98 Å². The van der Waals surface area contributed by atoms with E-state index < -0.39 is 0 Å². The molecule has 2 heteroatoms. The van der Waals surface area contributed by atoms with Crippen molar-refractivity contribution in [2.45, 2.75) is 52.9 Å². The van der Waals surface area contributed by atoms with Crippen molar-refractivity contribution in [3.63, 3.8) is 0 Å². The molecular formula is C15H24N2. The first-order valence-corrected chi connectivity index (χ1v) is 6.77. The predicted molar refractivity (Wildman–Crippen MR) is 73.4 cm³/mol. The molecule has 0 atom stereocenters. The summed E-state index contributed by atoms with van der Waals surface area (Å²) in [7, 11) is 0. The minimum absolute atomic E-state index is 0.437. The highest BCUT2D eigenvalue weighted by atomic mass is 15.0. The lowest BCUT2D eigenvalue weighted by Gasteiger charge is -2.19. The zero-order valence-electron chi connectivity index (χ0n) is 11.3. The normalized spacial score (nSPS) is 15.2. The summed E-state index contributed by atoms with van der Waals surface area (Å²) >= 11 is 0. The van der Waals surface area contributed by atoms with E-state index in [-0.39, 0.29) is 0 Å². The van der Waals surface area contributed by atoms with Gasteiger partial charge in [-0.25, -0.2) is 4.98 Å². The van der Waals surface area contributed by atoms with Gasteiger partial charge >= 0.3 is 0 Å². The van der Waals surface area contributed by atoms with Crippen LogP contribution in [0.25, 0.3) is 0 Å². The third-order valence-corrected chi connectivity index (χ3v) is 3.31. The summed E-state index contributed by atoms with van der Waals surface area (Å²) in [5, 5.41) is 3.40. The number of pyridine rings is 1. The molecule has 0 bridgehead atoms. The highest BCUT2D eigenvalue weighted by Crippen LogP contribution is 2.23. The Kier molecular flexibility index (Phi) is 3.70. The van der Waals surface area contributed by atoms with Gasteiger partial charge in [0.05, 0.1) is 0 Å². The SMILES string of the molecule is CC(C)(C)CCCc1ccc2c(n1)NCCC2. The molecule has 0 radical (unpaired) electrons. The number of aryl methyl sites for hydroxylation is 2. The number of hydrogen-bond acceptors (Lipinski definition) is 2. The highest BCUT2D eigenvalue weighted by Gasteiger charge is 2.12. The first-order valence-electron chi connectivity index (χ1n) is 6.77. The average molecular weight is 232 g/mol. The number of nitrogens with zero attached hydrogens (tertiary/aromatic N) is 1. The van der Waals surface area contributed by atoms with Crippen molar-refractivity contribution >= 4 is 5.82 Å². The van der Waals surface area contributed by atoms with E-state index in [4.69, 9.17) is 4.98 Å². The average Bonchev–Trinajstić information content (AvgIpc) is 2.27. The summed E-state index contributed by atoms with van der Waals surface area (Å²) in [5.41, 5.74) is 3.06. The molecule has 0 aliphatic carbocycles. The van der Waals surface area contributed by atoms with E-state index in [1.807, 2.05) is 0 Å². The molecule has 1 aromatic heterocycles. The Morgan fingerprint density at radius 1 is 1.29 bits per heavy atom. The van der Waals surface area contributed by atoms with E-state index >= 15 is 0 Å². The maximum Gasteiger partial charge on any atom is 0.129 e. The molecule has 0 saturated heterocycles. The molecule has 2 rings (SSSR count). The van der Waals surface area contributed by atoms with Gasteiger partial charge in [-0.1, -0.05) is 26.8 Å². The second-order valence-electron chi connectivity index (χ2n) is 6.25. The fourth-order valence-electron chi connectivity index (χ4n) is 2.31. The topological polar surface area (TPSA) is 24.9 Å². The van der Waals surface area contributed by atoms with E-state index in [1.54, 1.807) is 0 Å². The molecule has 17 heavy (non-hydrogen) atoms. The van der Waals surface area contributed by atoms with Gasteiger partial charge < -0.3 is 5.32 Å². The van der Waals surface area contributed by atoms with Crippen LogP contribution in [0.4, 0.5) is 5.82 Å². The number of hydrogen-bond donors (Lipinski definition) is 1. The van der Waals surface area contributed by atoms with Gasteiger partial charge in [-0.3, -0.25) is 0 Å². The van der Waals surface area contributed by atoms with Crippen molar-refractivity contribution in [3.05, 3.63) is 23.4 Å². The molecule has 0 spiro atoms. The first kappa shape index (κ1) is 12.4. The van der Waals surface area contributed by atoms with E-state index in [2.05, 4.69) is 38.2 Å². The van der Waals surface area contributed by atoms with Gasteiger partial charge in [-0.2, -0.15) is 0 Å². The lowest BCUT2D eigenvalue weighted by Crippen LogP contribution is -2.14. The zero-order valence-corrected chi connectivity index (χ0v) is 11.3. The molecule has 2 nitrogen and oxygen atoms in total. The van der Waals surface area contributed by atoms with Crippen LogP contribution in [0.5, 0.6) is 0 Å². The summed E-state index contributed by atoms with van der Waals surface area (Å²) in [6.07, 6.45) is 6.01. The maximum absolute atomic E-state index is 4.72. The van der Waals surface area contributed by atoms with Crippen molar-refractivity contribution in [2.75, 3.05) is 11.9 Å². The van der Waals surface area contributed by atoms with Crippen LogP contribution in [0, 0.1) is 5.41 Å². The van der Waals surface area contributed by atoms with Crippen LogP contribution < -0.4 is 5.32 Å². The van der Waals surface area contributed by atoms with E-state index in [0.29, 0.717) is 5.41 Å². The van der Waals surface area contributed by atoms with Gasteiger partial charge in [0.1, 0.15) is 5.82 Å². The standard InChI is InChI=1S/C15H24N2/c1-15(2,3)10-4-7-13-9-8-12-6-5-11-16-14(12)17-13/h8-9H,4-7,10-11H2,1-3H3,(H,16,17). The lowest BCUT2D eigenvalue weighted by atomic mass is 9.89. The van der Waals surface area contributed by atoms with Gasteiger partial charge in [0.2, 0.25) is 0 Å². The molecule has 1 aliphatic heterocycles. The molecule has 94 valence electrons. The molecule has 0 fully saturated rings. The van der Waals surface area contributed by atoms with Crippen LogP contribution in [0.3, 0.4) is 0 Å². The summed E-state index contributed by atoms with van der Waals surface area (Å²) in [5.74, 6) is 1.13. The second-order valence-corrected chi connectivity index (χ2v) is 6.25. The third-order valence-electron chi connectivity index (χ3n) is 3.31. The monoisotopic (exact) mass is 232 g/mol. The fraction of sp³-hybridized carbons (Fsp3) is 0.667. The van der Waals surface area contributed by atoms with Crippen LogP contribution in [-0.4, -0.2) is 11.5 Å². The molecular weight excluding hydrogens is 208 g/mol. The van der Waals surface area contributed by atoms with Crippen molar-refractivity contribution in [1.29, 1.82) is 0 Å². The largest absolute Gasteiger partial charge is 0.370 e. The van der Waals surface area contributed by atoms with Crippen molar-refractivity contribution in [3.8, 4) is 0 Å². The molecule has 1 aliphatic rings. The number of anilines is 1. The van der Waals surface area contributed by atoms with E-state index in [0.717, 1.165) is 18.8 Å². The van der Waals surface area contributed by atoms with Crippen LogP contribution in [0.2, 0.25) is 0 Å². The van der Waals surface area contributed by atoms with Gasteiger partial charge in [-0.15, -0.1) is 0 Å². The number of rotatable bonds is 3. The molecule has 0 amide bonds. The smallest absolute Gasteiger partial charge is 0.129 e.